The van der Waals surface area contributed by atoms with E-state index in [0.29, 0.717) is 34.0 Å². The van der Waals surface area contributed by atoms with Gasteiger partial charge in [-0.3, -0.25) is 4.79 Å². The fourth-order valence-electron chi connectivity index (χ4n) is 3.28. The quantitative estimate of drug-likeness (QED) is 0.418. The average Bonchev–Trinajstić information content (AvgIpc) is 2.76. The van der Waals surface area contributed by atoms with Gasteiger partial charge in [0.1, 0.15) is 11.6 Å². The molecular weight excluding hydrogens is 398 g/mol. The fraction of sp³-hybridized carbons (Fsp3) is 0.0417. The van der Waals surface area contributed by atoms with Gasteiger partial charge >= 0.3 is 0 Å². The summed E-state index contributed by atoms with van der Waals surface area (Å²) < 4.78 is 0. The number of aldehydes is 1. The molecule has 2 N–H and O–H groups in total. The lowest BCUT2D eigenvalue weighted by atomic mass is 10.0. The minimum Gasteiger partial charge on any atom is -0.508 e. The molecule has 0 atom stereocenters. The molecule has 0 radical (unpaired) electrons. The maximum absolute atomic E-state index is 11.7. The summed E-state index contributed by atoms with van der Waals surface area (Å²) in [5.74, 6) is 0.643. The molecule has 1 heterocycles. The van der Waals surface area contributed by atoms with Crippen LogP contribution in [0, 0.1) is 11.3 Å². The molecule has 0 aliphatic carbocycles. The van der Waals surface area contributed by atoms with Crippen LogP contribution in [0.2, 0.25) is 5.02 Å². The minimum absolute atomic E-state index is 0.0923. The van der Waals surface area contributed by atoms with Gasteiger partial charge < -0.3 is 10.4 Å². The molecule has 5 nitrogen and oxygen atoms in total. The molecule has 0 bridgehead atoms. The minimum atomic E-state index is 0.0923. The molecular formula is C24H16ClN3O2. The Bertz CT molecular complexity index is 1270. The first-order chi connectivity index (χ1) is 14.6. The van der Waals surface area contributed by atoms with Gasteiger partial charge in [0.15, 0.2) is 6.29 Å². The van der Waals surface area contributed by atoms with E-state index < -0.39 is 0 Å². The Labute approximate surface area is 178 Å². The Morgan fingerprint density at radius 1 is 1.03 bits per heavy atom. The van der Waals surface area contributed by atoms with Crippen LogP contribution in [0.1, 0.15) is 21.5 Å². The summed E-state index contributed by atoms with van der Waals surface area (Å²) in [4.78, 5) is 16.3. The third-order valence-electron chi connectivity index (χ3n) is 4.73. The molecule has 0 unspecified atom stereocenters. The van der Waals surface area contributed by atoms with Crippen LogP contribution in [0.4, 0.5) is 5.82 Å². The highest BCUT2D eigenvalue weighted by Crippen LogP contribution is 2.27. The van der Waals surface area contributed by atoms with Gasteiger partial charge in [0, 0.05) is 22.5 Å². The van der Waals surface area contributed by atoms with Gasteiger partial charge in [-0.2, -0.15) is 5.26 Å². The maximum Gasteiger partial charge on any atom is 0.150 e. The van der Waals surface area contributed by atoms with E-state index in [9.17, 15) is 9.90 Å². The molecule has 0 aliphatic heterocycles. The number of aromatic nitrogens is 1. The van der Waals surface area contributed by atoms with Gasteiger partial charge in [-0.1, -0.05) is 29.8 Å². The summed E-state index contributed by atoms with van der Waals surface area (Å²) >= 11 is 5.97. The molecule has 3 aromatic carbocycles. The molecule has 0 spiro atoms. The van der Waals surface area contributed by atoms with Crippen LogP contribution in [0.15, 0.2) is 66.7 Å². The molecule has 30 heavy (non-hydrogen) atoms. The van der Waals surface area contributed by atoms with Gasteiger partial charge in [-0.25, -0.2) is 4.98 Å². The topological polar surface area (TPSA) is 86.0 Å². The summed E-state index contributed by atoms with van der Waals surface area (Å²) in [5.41, 5.74) is 4.49. The van der Waals surface area contributed by atoms with Gasteiger partial charge in [-0.15, -0.1) is 0 Å². The summed E-state index contributed by atoms with van der Waals surface area (Å²) in [6.07, 6.45) is 0.808. The summed E-state index contributed by atoms with van der Waals surface area (Å²) in [7, 11) is 0. The van der Waals surface area contributed by atoms with Crippen LogP contribution in [-0.4, -0.2) is 16.4 Å². The predicted molar refractivity (Wildman–Crippen MR) is 118 cm³/mol. The molecule has 0 amide bonds. The number of nitriles is 1. The van der Waals surface area contributed by atoms with Crippen molar-refractivity contribution in [2.75, 3.05) is 5.32 Å². The van der Waals surface area contributed by atoms with E-state index in [1.807, 2.05) is 30.3 Å². The number of phenols is 1. The van der Waals surface area contributed by atoms with Crippen molar-refractivity contribution in [2.24, 2.45) is 0 Å². The monoisotopic (exact) mass is 413 g/mol. The van der Waals surface area contributed by atoms with Crippen LogP contribution in [0.5, 0.6) is 5.75 Å². The van der Waals surface area contributed by atoms with E-state index in [1.54, 1.807) is 30.3 Å². The van der Waals surface area contributed by atoms with Crippen molar-refractivity contribution < 1.29 is 9.90 Å². The Morgan fingerprint density at radius 2 is 1.80 bits per heavy atom. The lowest BCUT2D eigenvalue weighted by molar-refractivity contribution is 0.112. The fourth-order valence-corrected chi connectivity index (χ4v) is 3.54. The largest absolute Gasteiger partial charge is 0.508 e. The maximum atomic E-state index is 11.7. The molecule has 4 rings (SSSR count). The normalized spacial score (nSPS) is 10.5. The van der Waals surface area contributed by atoms with Crippen molar-refractivity contribution in [3.63, 3.8) is 0 Å². The highest BCUT2D eigenvalue weighted by Gasteiger charge is 2.08. The van der Waals surface area contributed by atoms with Crippen molar-refractivity contribution in [1.82, 2.24) is 4.98 Å². The number of carbonyl (C=O) groups is 1. The standard InChI is InChI=1S/C24H16ClN3O2/c25-20-7-16(8-21(30)11-20)13-27-24-10-19(14-29)22-9-18(5-6-23(22)28-24)17-3-1-15(12-26)2-4-17/h1-11,14,30H,13H2,(H,27,28). The predicted octanol–water partition coefficient (Wildman–Crippen LogP) is 5.56. The van der Waals surface area contributed by atoms with Crippen LogP contribution in [0.25, 0.3) is 22.0 Å². The number of aromatic hydroxyl groups is 1. The zero-order chi connectivity index (χ0) is 21.1. The number of rotatable bonds is 5. The van der Waals surface area contributed by atoms with Crippen LogP contribution in [-0.2, 0) is 6.54 Å². The number of anilines is 1. The number of fused-ring (bicyclic) bond motifs is 1. The third kappa shape index (κ3) is 4.09. The number of nitrogens with zero attached hydrogens (tertiary/aromatic N) is 2. The molecule has 146 valence electrons. The highest BCUT2D eigenvalue weighted by atomic mass is 35.5. The molecule has 1 aromatic heterocycles. The number of hydrogen-bond donors (Lipinski definition) is 2. The number of benzene rings is 3. The number of halogens is 1. The number of nitrogens with one attached hydrogen (secondary N) is 1. The summed E-state index contributed by atoms with van der Waals surface area (Å²) in [5, 5.41) is 23.0. The lowest BCUT2D eigenvalue weighted by Gasteiger charge is -2.11. The Morgan fingerprint density at radius 3 is 2.50 bits per heavy atom. The highest BCUT2D eigenvalue weighted by molar-refractivity contribution is 6.30. The zero-order valence-electron chi connectivity index (χ0n) is 15.8. The first-order valence-electron chi connectivity index (χ1n) is 9.18. The van der Waals surface area contributed by atoms with Crippen molar-refractivity contribution in [3.05, 3.63) is 88.4 Å². The number of phenolic OH excluding ortho intramolecular Hbond substituents is 1. The second-order valence-electron chi connectivity index (χ2n) is 6.81. The second kappa shape index (κ2) is 8.24. The first-order valence-corrected chi connectivity index (χ1v) is 9.56. The smallest absolute Gasteiger partial charge is 0.150 e. The molecule has 6 heteroatoms. The molecule has 0 saturated heterocycles. The van der Waals surface area contributed by atoms with E-state index in [-0.39, 0.29) is 5.75 Å². The van der Waals surface area contributed by atoms with Crippen LogP contribution >= 0.6 is 11.6 Å². The molecule has 0 saturated carbocycles. The van der Waals surface area contributed by atoms with Crippen molar-refractivity contribution >= 4 is 34.6 Å². The summed E-state index contributed by atoms with van der Waals surface area (Å²) in [6, 6.07) is 21.6. The van der Waals surface area contributed by atoms with Crippen LogP contribution in [0.3, 0.4) is 0 Å². The van der Waals surface area contributed by atoms with E-state index in [2.05, 4.69) is 16.4 Å². The van der Waals surface area contributed by atoms with E-state index in [1.165, 1.54) is 6.07 Å². The molecule has 0 fully saturated rings. The van der Waals surface area contributed by atoms with Gasteiger partial charge in [-0.05, 0) is 65.2 Å². The van der Waals surface area contributed by atoms with E-state index in [0.717, 1.165) is 28.4 Å². The Kier molecular flexibility index (Phi) is 5.34. The van der Waals surface area contributed by atoms with Gasteiger partial charge in [0.25, 0.3) is 0 Å². The summed E-state index contributed by atoms with van der Waals surface area (Å²) in [6.45, 7) is 0.397. The van der Waals surface area contributed by atoms with Crippen LogP contribution < -0.4 is 5.32 Å². The van der Waals surface area contributed by atoms with E-state index in [4.69, 9.17) is 16.9 Å². The zero-order valence-corrected chi connectivity index (χ0v) is 16.5. The lowest BCUT2D eigenvalue weighted by Crippen LogP contribution is -2.03. The van der Waals surface area contributed by atoms with E-state index >= 15 is 0 Å². The van der Waals surface area contributed by atoms with Crippen molar-refractivity contribution in [1.29, 1.82) is 5.26 Å². The average molecular weight is 414 g/mol. The first kappa shape index (κ1) is 19.4. The third-order valence-corrected chi connectivity index (χ3v) is 4.95. The molecule has 0 aliphatic rings. The number of hydrogen-bond acceptors (Lipinski definition) is 5. The SMILES string of the molecule is N#Cc1ccc(-c2ccc3nc(NCc4cc(O)cc(Cl)c4)cc(C=O)c3c2)cc1. The Balaban J connectivity index is 1.65. The number of carbonyl (C=O) groups excluding carboxylic acids is 1. The van der Waals surface area contributed by atoms with Gasteiger partial charge in [0.2, 0.25) is 0 Å². The van der Waals surface area contributed by atoms with Crippen molar-refractivity contribution in [3.8, 4) is 22.9 Å². The molecule has 4 aromatic rings. The van der Waals surface area contributed by atoms with Crippen molar-refractivity contribution in [2.45, 2.75) is 6.54 Å². The Hall–Kier alpha value is -3.88. The number of pyridine rings is 1. The van der Waals surface area contributed by atoms with Gasteiger partial charge in [0.05, 0.1) is 17.1 Å². The second-order valence-corrected chi connectivity index (χ2v) is 7.24.